The predicted octanol–water partition coefficient (Wildman–Crippen LogP) is 3.61. The second kappa shape index (κ2) is 10.1. The van der Waals surface area contributed by atoms with E-state index in [1.54, 1.807) is 4.68 Å². The summed E-state index contributed by atoms with van der Waals surface area (Å²) in [5.41, 5.74) is 3.67. The molecule has 0 radical (unpaired) electrons. The summed E-state index contributed by atoms with van der Waals surface area (Å²) in [5, 5.41) is 11.0. The van der Waals surface area contributed by atoms with Gasteiger partial charge in [0.2, 0.25) is 5.91 Å². The van der Waals surface area contributed by atoms with E-state index in [9.17, 15) is 4.79 Å². The third kappa shape index (κ3) is 5.15. The largest absolute Gasteiger partial charge is 0.349 e. The van der Waals surface area contributed by atoms with Gasteiger partial charge in [-0.1, -0.05) is 51.5 Å². The minimum absolute atomic E-state index is 0. The molecule has 2 N–H and O–H groups in total. The highest BCUT2D eigenvalue weighted by Crippen LogP contribution is 2.30. The topological polar surface area (TPSA) is 59.0 Å². The number of hydrogen-bond donors (Lipinski definition) is 2. The van der Waals surface area contributed by atoms with Gasteiger partial charge in [0.15, 0.2) is 0 Å². The Kier molecular flexibility index (Phi) is 8.08. The number of nitrogens with zero attached hydrogens (tertiary/aromatic N) is 2. The van der Waals surface area contributed by atoms with Gasteiger partial charge in [0, 0.05) is 32.3 Å². The minimum atomic E-state index is -0.0604. The highest BCUT2D eigenvalue weighted by atomic mass is 35.5. The van der Waals surface area contributed by atoms with E-state index in [1.807, 2.05) is 19.4 Å². The molecule has 1 saturated heterocycles. The Morgan fingerprint density at radius 3 is 2.57 bits per heavy atom. The summed E-state index contributed by atoms with van der Waals surface area (Å²) in [4.78, 5) is 13.1. The second-order valence-corrected chi connectivity index (χ2v) is 8.04. The van der Waals surface area contributed by atoms with Crippen molar-refractivity contribution in [3.63, 3.8) is 0 Å². The molecule has 1 aliphatic rings. The summed E-state index contributed by atoms with van der Waals surface area (Å²) < 4.78 is 1.80. The number of carbonyl (C=O) groups is 1. The zero-order valence-electron chi connectivity index (χ0n) is 17.3. The zero-order chi connectivity index (χ0) is 19.4. The molecule has 1 aromatic heterocycles. The number of hydrogen-bond acceptors (Lipinski definition) is 3. The van der Waals surface area contributed by atoms with Crippen LogP contribution in [-0.2, 0) is 18.3 Å². The number of aromatic nitrogens is 2. The van der Waals surface area contributed by atoms with Crippen LogP contribution in [0.5, 0.6) is 0 Å². The second-order valence-electron chi connectivity index (χ2n) is 8.04. The summed E-state index contributed by atoms with van der Waals surface area (Å²) in [6.07, 6.45) is 6.14. The average molecular weight is 405 g/mol. The van der Waals surface area contributed by atoms with Gasteiger partial charge < -0.3 is 10.6 Å². The van der Waals surface area contributed by atoms with E-state index in [0.29, 0.717) is 12.5 Å². The zero-order valence-corrected chi connectivity index (χ0v) is 18.1. The van der Waals surface area contributed by atoms with E-state index in [0.717, 1.165) is 24.9 Å². The van der Waals surface area contributed by atoms with Crippen molar-refractivity contribution in [3.8, 4) is 0 Å². The maximum atomic E-state index is 13.1. The van der Waals surface area contributed by atoms with Gasteiger partial charge >= 0.3 is 0 Å². The molecule has 1 aliphatic heterocycles. The maximum absolute atomic E-state index is 13.1. The molecule has 6 heteroatoms. The molecule has 28 heavy (non-hydrogen) atoms. The molecule has 1 aromatic carbocycles. The van der Waals surface area contributed by atoms with Crippen molar-refractivity contribution in [2.45, 2.75) is 45.6 Å². The van der Waals surface area contributed by atoms with Gasteiger partial charge in [0.05, 0.1) is 18.2 Å². The molecule has 0 spiro atoms. The fraction of sp³-hybridized carbons (Fsp3) is 0.545. The molecule has 1 unspecified atom stereocenters. The van der Waals surface area contributed by atoms with Crippen LogP contribution in [0.15, 0.2) is 36.7 Å². The third-order valence-corrected chi connectivity index (χ3v) is 5.55. The molecule has 3 atom stereocenters. The maximum Gasteiger partial charge on any atom is 0.225 e. The molecule has 0 bridgehead atoms. The quantitative estimate of drug-likeness (QED) is 0.741. The lowest BCUT2D eigenvalue weighted by Gasteiger charge is -2.26. The Labute approximate surface area is 174 Å². The SMILES string of the molecule is CCCc1ccc(C(NC(=O)[C@H]2CNC[C@@H]2c2cnn(C)c2)C(C)C)cc1.Cl. The van der Waals surface area contributed by atoms with Crippen LogP contribution in [0.3, 0.4) is 0 Å². The van der Waals surface area contributed by atoms with Crippen LogP contribution in [-0.4, -0.2) is 28.8 Å². The van der Waals surface area contributed by atoms with Gasteiger partial charge in [-0.05, 0) is 29.0 Å². The smallest absolute Gasteiger partial charge is 0.225 e. The number of nitrogens with one attached hydrogen (secondary N) is 2. The number of amides is 1. The first-order valence-electron chi connectivity index (χ1n) is 10.1. The van der Waals surface area contributed by atoms with E-state index < -0.39 is 0 Å². The van der Waals surface area contributed by atoms with E-state index >= 15 is 0 Å². The molecule has 0 saturated carbocycles. The van der Waals surface area contributed by atoms with Gasteiger partial charge in [0.1, 0.15) is 0 Å². The Balaban J connectivity index is 0.00000280. The molecule has 1 amide bonds. The van der Waals surface area contributed by atoms with Crippen LogP contribution in [0.25, 0.3) is 0 Å². The standard InChI is InChI=1S/C22H32N4O.ClH/c1-5-6-16-7-9-17(10-8-16)21(15(2)3)25-22(27)20-13-23-12-19(20)18-11-24-26(4)14-18;/h7-11,14-15,19-21,23H,5-6,12-13H2,1-4H3,(H,25,27);1H/t19-,20+,21?;/m1./s1. The Morgan fingerprint density at radius 2 is 2.00 bits per heavy atom. The fourth-order valence-electron chi connectivity index (χ4n) is 4.01. The summed E-state index contributed by atoms with van der Waals surface area (Å²) in [7, 11) is 1.91. The van der Waals surface area contributed by atoms with E-state index in [4.69, 9.17) is 0 Å². The first-order valence-corrected chi connectivity index (χ1v) is 10.1. The molecule has 1 fully saturated rings. The predicted molar refractivity (Wildman–Crippen MR) is 116 cm³/mol. The van der Waals surface area contributed by atoms with Crippen LogP contribution in [0, 0.1) is 11.8 Å². The lowest BCUT2D eigenvalue weighted by Crippen LogP contribution is -2.38. The number of benzene rings is 1. The highest BCUT2D eigenvalue weighted by Gasteiger charge is 2.36. The fourth-order valence-corrected chi connectivity index (χ4v) is 4.01. The van der Waals surface area contributed by atoms with Gasteiger partial charge in [-0.2, -0.15) is 5.10 Å². The molecule has 2 heterocycles. The normalized spacial score (nSPS) is 20.0. The van der Waals surface area contributed by atoms with E-state index in [2.05, 4.69) is 60.8 Å². The van der Waals surface area contributed by atoms with Crippen molar-refractivity contribution >= 4 is 18.3 Å². The van der Waals surface area contributed by atoms with Crippen LogP contribution in [0.2, 0.25) is 0 Å². The van der Waals surface area contributed by atoms with Crippen LogP contribution in [0.4, 0.5) is 0 Å². The molecule has 2 aromatic rings. The van der Waals surface area contributed by atoms with E-state index in [-0.39, 0.29) is 36.2 Å². The number of aryl methyl sites for hydroxylation is 2. The molecule has 5 nitrogen and oxygen atoms in total. The van der Waals surface area contributed by atoms with Crippen molar-refractivity contribution in [2.75, 3.05) is 13.1 Å². The Hall–Kier alpha value is -1.85. The van der Waals surface area contributed by atoms with Crippen LogP contribution < -0.4 is 10.6 Å². The number of halogens is 1. The first-order chi connectivity index (χ1) is 13.0. The van der Waals surface area contributed by atoms with Crippen LogP contribution in [0.1, 0.15) is 55.8 Å². The van der Waals surface area contributed by atoms with Crippen LogP contribution >= 0.6 is 12.4 Å². The molecular formula is C22H33ClN4O. The van der Waals surface area contributed by atoms with E-state index in [1.165, 1.54) is 11.1 Å². The molecule has 154 valence electrons. The Morgan fingerprint density at radius 1 is 1.29 bits per heavy atom. The third-order valence-electron chi connectivity index (χ3n) is 5.55. The number of carbonyl (C=O) groups excluding carboxylic acids is 1. The van der Waals surface area contributed by atoms with Crippen molar-refractivity contribution in [1.82, 2.24) is 20.4 Å². The lowest BCUT2D eigenvalue weighted by atomic mass is 9.88. The average Bonchev–Trinajstić information content (AvgIpc) is 3.29. The van der Waals surface area contributed by atoms with Gasteiger partial charge in [-0.15, -0.1) is 12.4 Å². The lowest BCUT2D eigenvalue weighted by molar-refractivity contribution is -0.125. The van der Waals surface area contributed by atoms with Crippen molar-refractivity contribution in [2.24, 2.45) is 18.9 Å². The monoisotopic (exact) mass is 404 g/mol. The summed E-state index contributed by atoms with van der Waals surface area (Å²) in [6, 6.07) is 8.75. The summed E-state index contributed by atoms with van der Waals surface area (Å²) in [6.45, 7) is 8.06. The van der Waals surface area contributed by atoms with Gasteiger partial charge in [-0.25, -0.2) is 0 Å². The first kappa shape index (κ1) is 22.4. The van der Waals surface area contributed by atoms with Gasteiger partial charge in [0.25, 0.3) is 0 Å². The summed E-state index contributed by atoms with van der Waals surface area (Å²) >= 11 is 0. The molecular weight excluding hydrogens is 372 g/mol. The molecule has 3 rings (SSSR count). The van der Waals surface area contributed by atoms with Crippen molar-refractivity contribution < 1.29 is 4.79 Å². The number of rotatable bonds is 7. The highest BCUT2D eigenvalue weighted by molar-refractivity contribution is 5.85. The Bertz CT molecular complexity index is 756. The van der Waals surface area contributed by atoms with Crippen molar-refractivity contribution in [1.29, 1.82) is 0 Å². The van der Waals surface area contributed by atoms with Gasteiger partial charge in [-0.3, -0.25) is 9.48 Å². The minimum Gasteiger partial charge on any atom is -0.349 e. The van der Waals surface area contributed by atoms with Crippen molar-refractivity contribution in [3.05, 3.63) is 53.3 Å². The summed E-state index contributed by atoms with van der Waals surface area (Å²) in [5.74, 6) is 0.579. The molecule has 0 aliphatic carbocycles.